The Morgan fingerprint density at radius 2 is 2.36 bits per heavy atom. The van der Waals surface area contributed by atoms with Crippen molar-refractivity contribution in [3.05, 3.63) is 0 Å². The highest BCUT2D eigenvalue weighted by atomic mass is 16.5. The summed E-state index contributed by atoms with van der Waals surface area (Å²) in [5, 5.41) is 9.28. The summed E-state index contributed by atoms with van der Waals surface area (Å²) in [6, 6.07) is 0. The molecule has 80 valence electrons. The highest BCUT2D eigenvalue weighted by Gasteiger charge is 2.27. The zero-order chi connectivity index (χ0) is 9.97. The van der Waals surface area contributed by atoms with E-state index in [4.69, 9.17) is 4.74 Å². The molecule has 0 saturated carbocycles. The fourth-order valence-corrected chi connectivity index (χ4v) is 2.09. The zero-order valence-corrected chi connectivity index (χ0v) is 8.32. The minimum absolute atomic E-state index is 0.0688. The van der Waals surface area contributed by atoms with Crippen LogP contribution in [0.2, 0.25) is 0 Å². The van der Waals surface area contributed by atoms with Gasteiger partial charge in [-0.25, -0.2) is 0 Å². The van der Waals surface area contributed by atoms with E-state index in [9.17, 15) is 9.90 Å². The van der Waals surface area contributed by atoms with Crippen LogP contribution in [0.4, 0.5) is 0 Å². The molecule has 2 rings (SSSR count). The molecule has 0 bridgehead atoms. The molecular formula is C10H17NO3. The van der Waals surface area contributed by atoms with Crippen LogP contribution in [0.1, 0.15) is 25.7 Å². The van der Waals surface area contributed by atoms with E-state index < -0.39 is 6.10 Å². The first-order chi connectivity index (χ1) is 6.75. The summed E-state index contributed by atoms with van der Waals surface area (Å²) < 4.78 is 5.47. The van der Waals surface area contributed by atoms with Crippen molar-refractivity contribution in [2.24, 2.45) is 0 Å². The molecule has 2 unspecified atom stereocenters. The average Bonchev–Trinajstić information content (AvgIpc) is 2.62. The second-order valence-electron chi connectivity index (χ2n) is 4.12. The van der Waals surface area contributed by atoms with Gasteiger partial charge in [0.1, 0.15) is 0 Å². The van der Waals surface area contributed by atoms with Gasteiger partial charge in [0.25, 0.3) is 0 Å². The molecule has 0 aromatic rings. The number of hydrogen-bond donors (Lipinski definition) is 1. The Hall–Kier alpha value is -0.610. The number of carbonyl (C=O) groups excluding carboxylic acids is 1. The normalized spacial score (nSPS) is 33.8. The molecule has 1 amide bonds. The van der Waals surface area contributed by atoms with Gasteiger partial charge in [-0.05, 0) is 19.3 Å². The van der Waals surface area contributed by atoms with Crippen molar-refractivity contribution in [2.45, 2.75) is 37.9 Å². The number of carbonyl (C=O) groups is 1. The van der Waals surface area contributed by atoms with Gasteiger partial charge in [-0.3, -0.25) is 4.79 Å². The van der Waals surface area contributed by atoms with Crippen molar-refractivity contribution in [3.8, 4) is 0 Å². The third-order valence-corrected chi connectivity index (χ3v) is 2.94. The summed E-state index contributed by atoms with van der Waals surface area (Å²) >= 11 is 0. The Morgan fingerprint density at radius 3 is 3.00 bits per heavy atom. The number of amides is 1. The maximum absolute atomic E-state index is 11.5. The third kappa shape index (κ3) is 2.25. The second kappa shape index (κ2) is 4.28. The summed E-state index contributed by atoms with van der Waals surface area (Å²) in [6.45, 7) is 2.22. The molecule has 2 heterocycles. The molecule has 0 aromatic carbocycles. The maximum Gasteiger partial charge on any atom is 0.225 e. The smallest absolute Gasteiger partial charge is 0.225 e. The van der Waals surface area contributed by atoms with Gasteiger partial charge in [0.05, 0.1) is 18.6 Å². The molecule has 0 aromatic heterocycles. The minimum Gasteiger partial charge on any atom is -0.393 e. The van der Waals surface area contributed by atoms with E-state index in [1.54, 1.807) is 0 Å². The first kappa shape index (κ1) is 9.93. The van der Waals surface area contributed by atoms with E-state index in [2.05, 4.69) is 0 Å². The second-order valence-corrected chi connectivity index (χ2v) is 4.12. The predicted molar refractivity (Wildman–Crippen MR) is 50.8 cm³/mol. The van der Waals surface area contributed by atoms with E-state index in [1.165, 1.54) is 0 Å². The van der Waals surface area contributed by atoms with Crippen LogP contribution in [0.5, 0.6) is 0 Å². The number of piperidine rings is 1. The van der Waals surface area contributed by atoms with Crippen LogP contribution in [0.3, 0.4) is 0 Å². The summed E-state index contributed by atoms with van der Waals surface area (Å²) in [7, 11) is 0. The topological polar surface area (TPSA) is 49.8 Å². The van der Waals surface area contributed by atoms with Gasteiger partial charge in [-0.15, -0.1) is 0 Å². The molecule has 0 radical (unpaired) electrons. The van der Waals surface area contributed by atoms with Crippen LogP contribution in [-0.2, 0) is 9.53 Å². The molecule has 14 heavy (non-hydrogen) atoms. The Balaban J connectivity index is 1.82. The van der Waals surface area contributed by atoms with Crippen molar-refractivity contribution in [2.75, 3.05) is 19.7 Å². The van der Waals surface area contributed by atoms with Crippen molar-refractivity contribution in [1.82, 2.24) is 4.90 Å². The molecule has 2 saturated heterocycles. The van der Waals surface area contributed by atoms with Crippen molar-refractivity contribution >= 4 is 5.91 Å². The van der Waals surface area contributed by atoms with Crippen molar-refractivity contribution < 1.29 is 14.6 Å². The first-order valence-electron chi connectivity index (χ1n) is 5.33. The SMILES string of the molecule is O=C1CC(O)CCN1CC1CCCO1. The fourth-order valence-electron chi connectivity index (χ4n) is 2.09. The van der Waals surface area contributed by atoms with Gasteiger partial charge in [-0.2, -0.15) is 0 Å². The van der Waals surface area contributed by atoms with Crippen LogP contribution in [0.25, 0.3) is 0 Å². The summed E-state index contributed by atoms with van der Waals surface area (Å²) in [5.41, 5.74) is 0. The number of rotatable bonds is 2. The number of ether oxygens (including phenoxy) is 1. The van der Waals surface area contributed by atoms with Crippen LogP contribution in [0.15, 0.2) is 0 Å². The fraction of sp³-hybridized carbons (Fsp3) is 0.900. The van der Waals surface area contributed by atoms with E-state index in [1.807, 2.05) is 4.90 Å². The van der Waals surface area contributed by atoms with Crippen LogP contribution < -0.4 is 0 Å². The predicted octanol–water partition coefficient (Wildman–Crippen LogP) is 0.149. The lowest BCUT2D eigenvalue weighted by Gasteiger charge is -2.31. The highest BCUT2D eigenvalue weighted by molar-refractivity contribution is 5.77. The third-order valence-electron chi connectivity index (χ3n) is 2.94. The first-order valence-corrected chi connectivity index (χ1v) is 5.33. The summed E-state index contributed by atoms with van der Waals surface area (Å²) in [6.07, 6.45) is 2.96. The zero-order valence-electron chi connectivity index (χ0n) is 8.32. The number of aliphatic hydroxyl groups is 1. The van der Waals surface area contributed by atoms with E-state index in [-0.39, 0.29) is 18.4 Å². The van der Waals surface area contributed by atoms with E-state index in [0.717, 1.165) is 19.4 Å². The maximum atomic E-state index is 11.5. The molecule has 0 aliphatic carbocycles. The quantitative estimate of drug-likeness (QED) is 0.688. The van der Waals surface area contributed by atoms with Gasteiger partial charge >= 0.3 is 0 Å². The molecule has 2 atom stereocenters. The molecule has 1 N–H and O–H groups in total. The van der Waals surface area contributed by atoms with Crippen LogP contribution in [-0.4, -0.2) is 47.8 Å². The molecule has 0 spiro atoms. The van der Waals surface area contributed by atoms with Crippen molar-refractivity contribution in [1.29, 1.82) is 0 Å². The van der Waals surface area contributed by atoms with Crippen molar-refractivity contribution in [3.63, 3.8) is 0 Å². The highest BCUT2D eigenvalue weighted by Crippen LogP contribution is 2.17. The molecule has 2 aliphatic heterocycles. The van der Waals surface area contributed by atoms with E-state index in [0.29, 0.717) is 19.5 Å². The summed E-state index contributed by atoms with van der Waals surface area (Å²) in [4.78, 5) is 13.3. The van der Waals surface area contributed by atoms with Gasteiger partial charge in [-0.1, -0.05) is 0 Å². The standard InChI is InChI=1S/C10H17NO3/c12-8-3-4-11(10(13)6-8)7-9-2-1-5-14-9/h8-9,12H,1-7H2. The Bertz CT molecular complexity index is 213. The Morgan fingerprint density at radius 1 is 1.50 bits per heavy atom. The summed E-state index contributed by atoms with van der Waals surface area (Å²) in [5.74, 6) is 0.0688. The molecule has 4 nitrogen and oxygen atoms in total. The number of nitrogens with zero attached hydrogens (tertiary/aromatic N) is 1. The number of hydrogen-bond acceptors (Lipinski definition) is 3. The van der Waals surface area contributed by atoms with Crippen LogP contribution >= 0.6 is 0 Å². The van der Waals surface area contributed by atoms with Gasteiger partial charge < -0.3 is 14.7 Å². The molecule has 2 fully saturated rings. The number of likely N-dealkylation sites (tertiary alicyclic amines) is 1. The Kier molecular flexibility index (Phi) is 3.03. The van der Waals surface area contributed by atoms with Gasteiger partial charge in [0, 0.05) is 19.7 Å². The lowest BCUT2D eigenvalue weighted by molar-refractivity contribution is -0.138. The molecule has 2 aliphatic rings. The number of aliphatic hydroxyl groups excluding tert-OH is 1. The van der Waals surface area contributed by atoms with Gasteiger partial charge in [0.15, 0.2) is 0 Å². The molecule has 4 heteroatoms. The monoisotopic (exact) mass is 199 g/mol. The van der Waals surface area contributed by atoms with Crippen LogP contribution in [0, 0.1) is 0 Å². The molecular weight excluding hydrogens is 182 g/mol. The Labute approximate surface area is 83.8 Å². The average molecular weight is 199 g/mol. The minimum atomic E-state index is -0.428. The lowest BCUT2D eigenvalue weighted by Crippen LogP contribution is -2.44. The van der Waals surface area contributed by atoms with Gasteiger partial charge in [0.2, 0.25) is 5.91 Å². The van der Waals surface area contributed by atoms with E-state index >= 15 is 0 Å². The largest absolute Gasteiger partial charge is 0.393 e. The lowest BCUT2D eigenvalue weighted by atomic mass is 10.1.